The summed E-state index contributed by atoms with van der Waals surface area (Å²) in [5.41, 5.74) is 0.916. The van der Waals surface area contributed by atoms with Crippen LogP contribution in [0.25, 0.3) is 0 Å². The number of rotatable bonds is 8. The van der Waals surface area contributed by atoms with Crippen LogP contribution in [-0.4, -0.2) is 29.3 Å². The van der Waals surface area contributed by atoms with Crippen LogP contribution < -0.4 is 10.6 Å². The molecule has 0 spiro atoms. The van der Waals surface area contributed by atoms with Crippen molar-refractivity contribution in [1.29, 1.82) is 0 Å². The molecule has 0 aromatic carbocycles. The Morgan fingerprint density at radius 1 is 1.26 bits per heavy atom. The Morgan fingerprint density at radius 3 is 2.74 bits per heavy atom. The number of thiophene rings is 1. The van der Waals surface area contributed by atoms with Crippen molar-refractivity contribution in [3.05, 3.63) is 52.0 Å². The Bertz CT molecular complexity index is 601. The number of nitrogens with one attached hydrogen (secondary N) is 2. The molecule has 6 heteroatoms. The van der Waals surface area contributed by atoms with E-state index in [0.717, 1.165) is 17.0 Å². The van der Waals surface area contributed by atoms with Gasteiger partial charge in [0.1, 0.15) is 0 Å². The molecular weight excluding hydrogens is 310 g/mol. The zero-order valence-electron chi connectivity index (χ0n) is 13.3. The minimum absolute atomic E-state index is 0.0155. The summed E-state index contributed by atoms with van der Waals surface area (Å²) in [6.45, 7) is 3.08. The lowest BCUT2D eigenvalue weighted by Gasteiger charge is -2.15. The molecule has 0 aliphatic rings. The second-order valence-electron chi connectivity index (χ2n) is 5.36. The minimum atomic E-state index is -0.212. The fraction of sp³-hybridized carbons (Fsp3) is 0.412. The third-order valence-corrected chi connectivity index (χ3v) is 4.75. The maximum absolute atomic E-state index is 11.9. The quantitative estimate of drug-likeness (QED) is 0.694. The first kappa shape index (κ1) is 17.4. The fourth-order valence-corrected chi connectivity index (χ4v) is 3.09. The molecule has 2 aromatic heterocycles. The molecule has 1 unspecified atom stereocenters. The molecule has 2 heterocycles. The maximum Gasteiger partial charge on any atom is 0.315 e. The van der Waals surface area contributed by atoms with Crippen LogP contribution in [0, 0.1) is 5.92 Å². The Labute approximate surface area is 140 Å². The molecule has 2 rings (SSSR count). The number of aliphatic hydroxyl groups excluding tert-OH is 1. The van der Waals surface area contributed by atoms with Gasteiger partial charge in [-0.3, -0.25) is 4.98 Å². The van der Waals surface area contributed by atoms with Gasteiger partial charge in [-0.25, -0.2) is 4.79 Å². The summed E-state index contributed by atoms with van der Waals surface area (Å²) < 4.78 is 0. The summed E-state index contributed by atoms with van der Waals surface area (Å²) in [6, 6.07) is 9.62. The van der Waals surface area contributed by atoms with Crippen molar-refractivity contribution < 1.29 is 9.90 Å². The third kappa shape index (κ3) is 6.00. The van der Waals surface area contributed by atoms with Crippen LogP contribution in [0.3, 0.4) is 0 Å². The number of hydrogen-bond donors (Lipinski definition) is 3. The van der Waals surface area contributed by atoms with E-state index in [4.69, 9.17) is 0 Å². The number of urea groups is 1. The standard InChI is InChI=1S/C17H23N3O2S/c1-2-15-6-7-16(23-15)11-20-17(22)19-10-13(12-21)9-14-5-3-4-8-18-14/h3-8,13,21H,2,9-12H2,1H3,(H2,19,20,22). The van der Waals surface area contributed by atoms with E-state index in [1.165, 1.54) is 4.88 Å². The van der Waals surface area contributed by atoms with E-state index >= 15 is 0 Å². The summed E-state index contributed by atoms with van der Waals surface area (Å²) in [6.07, 6.45) is 3.39. The molecule has 0 bridgehead atoms. The van der Waals surface area contributed by atoms with E-state index in [1.807, 2.05) is 24.3 Å². The van der Waals surface area contributed by atoms with Crippen LogP contribution in [0.15, 0.2) is 36.5 Å². The monoisotopic (exact) mass is 333 g/mol. The first-order chi connectivity index (χ1) is 11.2. The van der Waals surface area contributed by atoms with E-state index in [1.54, 1.807) is 17.5 Å². The lowest BCUT2D eigenvalue weighted by molar-refractivity contribution is 0.213. The second kappa shape index (κ2) is 9.27. The van der Waals surface area contributed by atoms with Gasteiger partial charge in [-0.15, -0.1) is 11.3 Å². The predicted octanol–water partition coefficient (Wildman–Crippen LogP) is 2.36. The van der Waals surface area contributed by atoms with Gasteiger partial charge in [0, 0.05) is 40.7 Å². The van der Waals surface area contributed by atoms with E-state index in [0.29, 0.717) is 19.5 Å². The average Bonchev–Trinajstić information content (AvgIpc) is 3.05. The molecule has 0 radical (unpaired) electrons. The molecule has 23 heavy (non-hydrogen) atoms. The first-order valence-corrected chi connectivity index (χ1v) is 8.63. The van der Waals surface area contributed by atoms with Crippen LogP contribution >= 0.6 is 11.3 Å². The van der Waals surface area contributed by atoms with Crippen molar-refractivity contribution in [2.45, 2.75) is 26.3 Å². The molecule has 124 valence electrons. The van der Waals surface area contributed by atoms with E-state index < -0.39 is 0 Å². The number of aromatic nitrogens is 1. The number of hydrogen-bond acceptors (Lipinski definition) is 4. The smallest absolute Gasteiger partial charge is 0.315 e. The molecule has 3 N–H and O–H groups in total. The predicted molar refractivity (Wildman–Crippen MR) is 92.5 cm³/mol. The molecule has 0 aliphatic carbocycles. The van der Waals surface area contributed by atoms with Gasteiger partial charge in [0.2, 0.25) is 0 Å². The Morgan fingerprint density at radius 2 is 2.09 bits per heavy atom. The van der Waals surface area contributed by atoms with E-state index in [9.17, 15) is 9.90 Å². The van der Waals surface area contributed by atoms with Gasteiger partial charge in [-0.1, -0.05) is 13.0 Å². The highest BCUT2D eigenvalue weighted by atomic mass is 32.1. The first-order valence-electron chi connectivity index (χ1n) is 7.81. The van der Waals surface area contributed by atoms with E-state index in [-0.39, 0.29) is 18.6 Å². The number of aliphatic hydroxyl groups is 1. The van der Waals surface area contributed by atoms with Crippen LogP contribution in [-0.2, 0) is 19.4 Å². The van der Waals surface area contributed by atoms with Gasteiger partial charge in [0.25, 0.3) is 0 Å². The van der Waals surface area contributed by atoms with Gasteiger partial charge in [0.15, 0.2) is 0 Å². The SMILES string of the molecule is CCc1ccc(CNC(=O)NCC(CO)Cc2ccccn2)s1. The maximum atomic E-state index is 11.9. The Balaban J connectivity index is 1.71. The summed E-state index contributed by atoms with van der Waals surface area (Å²) in [5, 5.41) is 15.1. The topological polar surface area (TPSA) is 74.2 Å². The zero-order valence-corrected chi connectivity index (χ0v) is 14.1. The van der Waals surface area contributed by atoms with Gasteiger partial charge < -0.3 is 15.7 Å². The molecule has 0 aliphatic heterocycles. The molecule has 2 aromatic rings. The number of aryl methyl sites for hydroxylation is 1. The van der Waals surface area contributed by atoms with Crippen molar-refractivity contribution in [3.63, 3.8) is 0 Å². The number of amides is 2. The second-order valence-corrected chi connectivity index (χ2v) is 6.61. The fourth-order valence-electron chi connectivity index (χ4n) is 2.19. The summed E-state index contributed by atoms with van der Waals surface area (Å²) in [4.78, 5) is 18.6. The molecule has 0 fully saturated rings. The van der Waals surface area contributed by atoms with Crippen molar-refractivity contribution >= 4 is 17.4 Å². The summed E-state index contributed by atoms with van der Waals surface area (Å²) >= 11 is 1.71. The number of nitrogens with zero attached hydrogens (tertiary/aromatic N) is 1. The van der Waals surface area contributed by atoms with Gasteiger partial charge >= 0.3 is 6.03 Å². The van der Waals surface area contributed by atoms with Crippen molar-refractivity contribution in [3.8, 4) is 0 Å². The largest absolute Gasteiger partial charge is 0.396 e. The summed E-state index contributed by atoms with van der Waals surface area (Å²) in [5.74, 6) is -0.0379. The molecule has 2 amide bonds. The lowest BCUT2D eigenvalue weighted by atomic mass is 10.0. The van der Waals surface area contributed by atoms with Crippen molar-refractivity contribution in [2.24, 2.45) is 5.92 Å². The average molecular weight is 333 g/mol. The van der Waals surface area contributed by atoms with Gasteiger partial charge in [-0.2, -0.15) is 0 Å². The van der Waals surface area contributed by atoms with E-state index in [2.05, 4.69) is 28.6 Å². The highest BCUT2D eigenvalue weighted by Crippen LogP contribution is 2.16. The normalized spacial score (nSPS) is 11.9. The van der Waals surface area contributed by atoms with Gasteiger partial charge in [-0.05, 0) is 37.1 Å². The highest BCUT2D eigenvalue weighted by Gasteiger charge is 2.11. The highest BCUT2D eigenvalue weighted by molar-refractivity contribution is 7.11. The number of pyridine rings is 1. The van der Waals surface area contributed by atoms with Crippen molar-refractivity contribution in [2.75, 3.05) is 13.2 Å². The molecule has 0 saturated heterocycles. The van der Waals surface area contributed by atoms with Crippen LogP contribution in [0.4, 0.5) is 4.79 Å². The van der Waals surface area contributed by atoms with Crippen LogP contribution in [0.1, 0.15) is 22.4 Å². The Kier molecular flexibility index (Phi) is 7.03. The van der Waals surface area contributed by atoms with Crippen LogP contribution in [0.2, 0.25) is 0 Å². The van der Waals surface area contributed by atoms with Crippen molar-refractivity contribution in [1.82, 2.24) is 15.6 Å². The molecule has 0 saturated carbocycles. The Hall–Kier alpha value is -1.92. The number of carbonyl (C=O) groups excluding carboxylic acids is 1. The van der Waals surface area contributed by atoms with Gasteiger partial charge in [0.05, 0.1) is 6.54 Å². The molecule has 1 atom stereocenters. The molecular formula is C17H23N3O2S. The minimum Gasteiger partial charge on any atom is -0.396 e. The third-order valence-electron chi connectivity index (χ3n) is 3.52. The van der Waals surface area contributed by atoms with Crippen LogP contribution in [0.5, 0.6) is 0 Å². The summed E-state index contributed by atoms with van der Waals surface area (Å²) in [7, 11) is 0. The zero-order chi connectivity index (χ0) is 16.5. The molecule has 5 nitrogen and oxygen atoms in total. The number of carbonyl (C=O) groups is 1. The lowest BCUT2D eigenvalue weighted by Crippen LogP contribution is -2.39.